The molecule has 3 aromatic rings. The standard InChI is InChI=1S/C22H26N6O2/c1-15-11-16(2)27(22(30)23-15)10-9-21(29)26-13-17(3)28-19(24-25-20(28)14-26)12-18-7-5-4-6-8-18/h4-8,11,17H,9-10,12-14H2,1-3H3/t17-/m0/s1. The Morgan fingerprint density at radius 1 is 1.17 bits per heavy atom. The predicted molar refractivity (Wildman–Crippen MR) is 112 cm³/mol. The second-order valence-electron chi connectivity index (χ2n) is 7.91. The Bertz CT molecular complexity index is 1120. The van der Waals surface area contributed by atoms with Crippen LogP contribution in [0.3, 0.4) is 0 Å². The number of hydrogen-bond acceptors (Lipinski definition) is 5. The number of amides is 1. The molecule has 0 bridgehead atoms. The molecule has 0 spiro atoms. The van der Waals surface area contributed by atoms with Crippen LogP contribution < -0.4 is 5.69 Å². The van der Waals surface area contributed by atoms with Crippen molar-refractivity contribution in [3.8, 4) is 0 Å². The summed E-state index contributed by atoms with van der Waals surface area (Å²) in [5, 5.41) is 8.73. The molecule has 0 saturated heterocycles. The van der Waals surface area contributed by atoms with Crippen LogP contribution in [-0.4, -0.2) is 41.7 Å². The minimum atomic E-state index is -0.308. The summed E-state index contributed by atoms with van der Waals surface area (Å²) in [4.78, 5) is 30.7. The van der Waals surface area contributed by atoms with Crippen molar-refractivity contribution in [3.63, 3.8) is 0 Å². The largest absolute Gasteiger partial charge is 0.347 e. The molecule has 4 rings (SSSR count). The molecule has 1 aliphatic heterocycles. The van der Waals surface area contributed by atoms with E-state index in [0.717, 1.165) is 23.8 Å². The monoisotopic (exact) mass is 406 g/mol. The maximum absolute atomic E-state index is 12.8. The third kappa shape index (κ3) is 4.03. The lowest BCUT2D eigenvalue weighted by Crippen LogP contribution is -2.41. The molecule has 30 heavy (non-hydrogen) atoms. The van der Waals surface area contributed by atoms with Crippen LogP contribution in [0.2, 0.25) is 0 Å². The summed E-state index contributed by atoms with van der Waals surface area (Å²) in [6, 6.07) is 12.1. The van der Waals surface area contributed by atoms with Gasteiger partial charge in [-0.2, -0.15) is 4.98 Å². The van der Waals surface area contributed by atoms with Gasteiger partial charge < -0.3 is 9.47 Å². The van der Waals surface area contributed by atoms with Crippen molar-refractivity contribution >= 4 is 5.91 Å². The molecule has 0 unspecified atom stereocenters. The maximum Gasteiger partial charge on any atom is 0.347 e. The Kier molecular flexibility index (Phi) is 5.48. The van der Waals surface area contributed by atoms with Crippen molar-refractivity contribution in [2.45, 2.75) is 52.7 Å². The first-order valence-electron chi connectivity index (χ1n) is 10.2. The number of carbonyl (C=O) groups excluding carboxylic acids is 1. The highest BCUT2D eigenvalue weighted by molar-refractivity contribution is 5.76. The van der Waals surface area contributed by atoms with Gasteiger partial charge in [0.15, 0.2) is 5.82 Å². The summed E-state index contributed by atoms with van der Waals surface area (Å²) in [5.41, 5.74) is 2.39. The van der Waals surface area contributed by atoms with Crippen molar-refractivity contribution in [2.24, 2.45) is 0 Å². The van der Waals surface area contributed by atoms with Crippen LogP contribution in [0, 0.1) is 13.8 Å². The average Bonchev–Trinajstić information content (AvgIpc) is 3.11. The Hall–Kier alpha value is -3.29. The summed E-state index contributed by atoms with van der Waals surface area (Å²) < 4.78 is 3.70. The minimum absolute atomic E-state index is 0.00702. The average molecular weight is 406 g/mol. The van der Waals surface area contributed by atoms with Gasteiger partial charge in [-0.05, 0) is 32.4 Å². The lowest BCUT2D eigenvalue weighted by Gasteiger charge is -2.32. The van der Waals surface area contributed by atoms with Crippen LogP contribution in [0.5, 0.6) is 0 Å². The number of rotatable bonds is 5. The van der Waals surface area contributed by atoms with E-state index >= 15 is 0 Å². The van der Waals surface area contributed by atoms with E-state index in [1.54, 1.807) is 11.5 Å². The molecule has 8 heteroatoms. The molecule has 8 nitrogen and oxygen atoms in total. The van der Waals surface area contributed by atoms with E-state index in [4.69, 9.17) is 0 Å². The van der Waals surface area contributed by atoms with Crippen LogP contribution in [-0.2, 0) is 24.3 Å². The summed E-state index contributed by atoms with van der Waals surface area (Å²) in [7, 11) is 0. The van der Waals surface area contributed by atoms with Crippen LogP contribution in [0.25, 0.3) is 0 Å². The van der Waals surface area contributed by atoms with Gasteiger partial charge in [-0.25, -0.2) is 4.79 Å². The molecule has 0 fully saturated rings. The molecular formula is C22H26N6O2. The van der Waals surface area contributed by atoms with E-state index < -0.39 is 0 Å². The van der Waals surface area contributed by atoms with Crippen molar-refractivity contribution in [1.29, 1.82) is 0 Å². The van der Waals surface area contributed by atoms with Crippen LogP contribution in [0.1, 0.15) is 48.0 Å². The van der Waals surface area contributed by atoms with Gasteiger partial charge in [0, 0.05) is 37.3 Å². The maximum atomic E-state index is 12.8. The summed E-state index contributed by atoms with van der Waals surface area (Å²) in [6.07, 6.45) is 0.970. The number of benzene rings is 1. The normalized spacial score (nSPS) is 15.8. The van der Waals surface area contributed by atoms with E-state index in [1.807, 2.05) is 36.1 Å². The zero-order valence-corrected chi connectivity index (χ0v) is 17.6. The van der Waals surface area contributed by atoms with E-state index in [2.05, 4.69) is 38.8 Å². The summed E-state index contributed by atoms with van der Waals surface area (Å²) in [5.74, 6) is 1.73. The van der Waals surface area contributed by atoms with Crippen molar-refractivity contribution in [3.05, 3.63) is 75.5 Å². The molecular weight excluding hydrogens is 380 g/mol. The Balaban J connectivity index is 1.45. The third-order valence-corrected chi connectivity index (χ3v) is 5.55. The highest BCUT2D eigenvalue weighted by atomic mass is 16.2. The second-order valence-corrected chi connectivity index (χ2v) is 7.91. The van der Waals surface area contributed by atoms with Gasteiger partial charge in [0.2, 0.25) is 5.91 Å². The Labute approximate surface area is 175 Å². The van der Waals surface area contributed by atoms with Gasteiger partial charge in [-0.15, -0.1) is 10.2 Å². The van der Waals surface area contributed by atoms with Gasteiger partial charge in [0.25, 0.3) is 0 Å². The number of aromatic nitrogens is 5. The second kappa shape index (κ2) is 8.22. The van der Waals surface area contributed by atoms with Crippen molar-refractivity contribution < 1.29 is 4.79 Å². The van der Waals surface area contributed by atoms with E-state index in [-0.39, 0.29) is 24.1 Å². The molecule has 0 saturated carbocycles. The summed E-state index contributed by atoms with van der Waals surface area (Å²) >= 11 is 0. The van der Waals surface area contributed by atoms with Gasteiger partial charge in [0.05, 0.1) is 12.6 Å². The number of fused-ring (bicyclic) bond motifs is 1. The van der Waals surface area contributed by atoms with Gasteiger partial charge in [0.1, 0.15) is 5.82 Å². The Morgan fingerprint density at radius 3 is 2.67 bits per heavy atom. The molecule has 1 aromatic carbocycles. The fourth-order valence-electron chi connectivity index (χ4n) is 4.11. The topological polar surface area (TPSA) is 85.9 Å². The van der Waals surface area contributed by atoms with Gasteiger partial charge in [-0.3, -0.25) is 9.36 Å². The molecule has 2 aromatic heterocycles. The molecule has 1 atom stereocenters. The van der Waals surface area contributed by atoms with Crippen LogP contribution >= 0.6 is 0 Å². The molecule has 0 N–H and O–H groups in total. The zero-order valence-electron chi connectivity index (χ0n) is 17.6. The SMILES string of the molecule is Cc1cc(C)n(CCC(=O)N2Cc3nnc(Cc4ccccc4)n3[C@@H](C)C2)c(=O)n1. The number of aryl methyl sites for hydroxylation is 2. The summed E-state index contributed by atoms with van der Waals surface area (Å²) in [6.45, 7) is 7.10. The highest BCUT2D eigenvalue weighted by Crippen LogP contribution is 2.23. The number of nitrogens with zero attached hydrogens (tertiary/aromatic N) is 6. The zero-order chi connectivity index (χ0) is 21.3. The fourth-order valence-corrected chi connectivity index (χ4v) is 4.11. The molecule has 0 radical (unpaired) electrons. The van der Waals surface area contributed by atoms with Crippen LogP contribution in [0.15, 0.2) is 41.2 Å². The Morgan fingerprint density at radius 2 is 1.93 bits per heavy atom. The number of hydrogen-bond donors (Lipinski definition) is 0. The van der Waals surface area contributed by atoms with E-state index in [1.165, 1.54) is 5.56 Å². The van der Waals surface area contributed by atoms with Crippen molar-refractivity contribution in [1.82, 2.24) is 29.2 Å². The molecule has 1 aliphatic rings. The number of carbonyl (C=O) groups is 1. The smallest absolute Gasteiger partial charge is 0.333 e. The van der Waals surface area contributed by atoms with Crippen molar-refractivity contribution in [2.75, 3.05) is 6.54 Å². The van der Waals surface area contributed by atoms with E-state index in [9.17, 15) is 9.59 Å². The lowest BCUT2D eigenvalue weighted by atomic mass is 10.1. The van der Waals surface area contributed by atoms with Gasteiger partial charge >= 0.3 is 5.69 Å². The highest BCUT2D eigenvalue weighted by Gasteiger charge is 2.29. The minimum Gasteiger partial charge on any atom is -0.333 e. The fraction of sp³-hybridized carbons (Fsp3) is 0.409. The molecule has 3 heterocycles. The predicted octanol–water partition coefficient (Wildman–Crippen LogP) is 2.04. The first-order chi connectivity index (χ1) is 14.4. The molecule has 156 valence electrons. The first-order valence-corrected chi connectivity index (χ1v) is 10.2. The molecule has 1 amide bonds. The quantitative estimate of drug-likeness (QED) is 0.647. The van der Waals surface area contributed by atoms with Gasteiger partial charge in [-0.1, -0.05) is 30.3 Å². The first kappa shape index (κ1) is 20.0. The lowest BCUT2D eigenvalue weighted by molar-refractivity contribution is -0.133. The molecule has 0 aliphatic carbocycles. The third-order valence-electron chi connectivity index (χ3n) is 5.55. The van der Waals surface area contributed by atoms with Crippen LogP contribution in [0.4, 0.5) is 0 Å². The van der Waals surface area contributed by atoms with E-state index in [0.29, 0.717) is 25.3 Å².